The summed E-state index contributed by atoms with van der Waals surface area (Å²) in [5.74, 6) is 0.575. The molecule has 0 amide bonds. The zero-order valence-corrected chi connectivity index (χ0v) is 12.8. The van der Waals surface area contributed by atoms with Crippen molar-refractivity contribution in [2.24, 2.45) is 10.7 Å². The Balaban J connectivity index is 0.00000162. The van der Waals surface area contributed by atoms with E-state index in [-0.39, 0.29) is 30.1 Å². The van der Waals surface area contributed by atoms with Gasteiger partial charge in [-0.3, -0.25) is 4.98 Å². The van der Waals surface area contributed by atoms with Crippen LogP contribution in [0, 0.1) is 0 Å². The maximum Gasteiger partial charge on any atom is 0.191 e. The molecule has 1 saturated heterocycles. The van der Waals surface area contributed by atoms with Crippen molar-refractivity contribution in [1.29, 1.82) is 0 Å². The van der Waals surface area contributed by atoms with Crippen LogP contribution in [0.5, 0.6) is 0 Å². The molecule has 1 aliphatic heterocycles. The molecule has 1 aliphatic rings. The quantitative estimate of drug-likeness (QED) is 0.489. The fourth-order valence-corrected chi connectivity index (χ4v) is 1.78. The van der Waals surface area contributed by atoms with Crippen LogP contribution >= 0.6 is 24.0 Å². The van der Waals surface area contributed by atoms with E-state index in [1.807, 2.05) is 25.1 Å². The van der Waals surface area contributed by atoms with Crippen molar-refractivity contribution in [3.05, 3.63) is 30.1 Å². The Morgan fingerprint density at radius 2 is 2.44 bits per heavy atom. The highest BCUT2D eigenvalue weighted by atomic mass is 127. The summed E-state index contributed by atoms with van der Waals surface area (Å²) < 4.78 is 5.46. The Kier molecular flexibility index (Phi) is 6.34. The third-order valence-corrected chi connectivity index (χ3v) is 2.69. The van der Waals surface area contributed by atoms with Crippen molar-refractivity contribution < 1.29 is 4.74 Å². The molecule has 1 fully saturated rings. The van der Waals surface area contributed by atoms with Crippen LogP contribution in [0.3, 0.4) is 0 Å². The molecule has 0 spiro atoms. The van der Waals surface area contributed by atoms with E-state index in [9.17, 15) is 0 Å². The molecule has 6 heteroatoms. The van der Waals surface area contributed by atoms with Gasteiger partial charge >= 0.3 is 0 Å². The highest BCUT2D eigenvalue weighted by Crippen LogP contribution is 2.04. The van der Waals surface area contributed by atoms with Gasteiger partial charge in [-0.1, -0.05) is 6.07 Å². The van der Waals surface area contributed by atoms with Crippen molar-refractivity contribution in [3.8, 4) is 0 Å². The lowest BCUT2D eigenvalue weighted by atomic mass is 10.3. The molecule has 2 N–H and O–H groups in total. The number of guanidine groups is 1. The van der Waals surface area contributed by atoms with Crippen LogP contribution in [0.4, 0.5) is 0 Å². The number of hydrogen-bond acceptors (Lipinski definition) is 3. The number of nitrogens with zero attached hydrogens (tertiary/aromatic N) is 3. The predicted molar refractivity (Wildman–Crippen MR) is 82.0 cm³/mol. The van der Waals surface area contributed by atoms with Crippen molar-refractivity contribution in [1.82, 2.24) is 9.88 Å². The van der Waals surface area contributed by atoms with Crippen molar-refractivity contribution in [2.45, 2.75) is 19.6 Å². The van der Waals surface area contributed by atoms with Gasteiger partial charge in [0.15, 0.2) is 5.96 Å². The molecule has 1 unspecified atom stereocenters. The minimum atomic E-state index is 0. The standard InChI is InChI=1S/C12H18N4O.HI/c1-10-9-16(6-7-17-10)12(13)15-8-11-4-2-3-5-14-11;/h2-5,10H,6-9H2,1H3,(H2,13,15);1H. The summed E-state index contributed by atoms with van der Waals surface area (Å²) in [5, 5.41) is 0. The number of morpholine rings is 1. The lowest BCUT2D eigenvalue weighted by Crippen LogP contribution is -2.47. The first-order valence-electron chi connectivity index (χ1n) is 5.82. The largest absolute Gasteiger partial charge is 0.375 e. The number of nitrogens with two attached hydrogens (primary N) is 1. The molecule has 1 atom stereocenters. The number of aromatic nitrogens is 1. The summed E-state index contributed by atoms with van der Waals surface area (Å²) in [6.45, 7) is 4.89. The van der Waals surface area contributed by atoms with Crippen LogP contribution in [-0.4, -0.2) is 41.6 Å². The van der Waals surface area contributed by atoms with Crippen LogP contribution in [0.25, 0.3) is 0 Å². The number of hydrogen-bond donors (Lipinski definition) is 1. The Hall–Kier alpha value is -0.890. The summed E-state index contributed by atoms with van der Waals surface area (Å²) in [5.41, 5.74) is 6.88. The van der Waals surface area contributed by atoms with Gasteiger partial charge in [0, 0.05) is 19.3 Å². The second-order valence-electron chi connectivity index (χ2n) is 4.12. The van der Waals surface area contributed by atoms with Gasteiger partial charge in [0.05, 0.1) is 24.9 Å². The van der Waals surface area contributed by atoms with Crippen LogP contribution in [0.2, 0.25) is 0 Å². The fourth-order valence-electron chi connectivity index (χ4n) is 1.78. The first-order chi connectivity index (χ1) is 8.25. The maximum atomic E-state index is 5.95. The Labute approximate surface area is 124 Å². The first-order valence-corrected chi connectivity index (χ1v) is 5.82. The predicted octanol–water partition coefficient (Wildman–Crippen LogP) is 1.23. The highest BCUT2D eigenvalue weighted by Gasteiger charge is 2.17. The van der Waals surface area contributed by atoms with Crippen molar-refractivity contribution in [3.63, 3.8) is 0 Å². The average Bonchev–Trinajstić information content (AvgIpc) is 2.37. The molecule has 2 heterocycles. The third-order valence-electron chi connectivity index (χ3n) is 2.69. The molecule has 1 aromatic heterocycles. The summed E-state index contributed by atoms with van der Waals surface area (Å²) in [6.07, 6.45) is 1.98. The Bertz CT molecular complexity index is 385. The van der Waals surface area contributed by atoms with E-state index in [1.54, 1.807) is 6.20 Å². The van der Waals surface area contributed by atoms with Gasteiger partial charge in [-0.05, 0) is 19.1 Å². The molecule has 0 saturated carbocycles. The Morgan fingerprint density at radius 1 is 1.61 bits per heavy atom. The monoisotopic (exact) mass is 362 g/mol. The van der Waals surface area contributed by atoms with Crippen LogP contribution in [0.1, 0.15) is 12.6 Å². The highest BCUT2D eigenvalue weighted by molar-refractivity contribution is 14.0. The van der Waals surface area contributed by atoms with Gasteiger partial charge in [-0.2, -0.15) is 0 Å². The van der Waals surface area contributed by atoms with Crippen molar-refractivity contribution >= 4 is 29.9 Å². The molecule has 1 aromatic rings. The maximum absolute atomic E-state index is 5.95. The normalized spacial score (nSPS) is 20.4. The molecule has 0 aromatic carbocycles. The third kappa shape index (κ3) is 4.41. The van der Waals surface area contributed by atoms with E-state index >= 15 is 0 Å². The SMILES string of the molecule is CC1CN(C(N)=NCc2ccccn2)CCO1.I. The van der Waals surface area contributed by atoms with Gasteiger partial charge in [0.25, 0.3) is 0 Å². The van der Waals surface area contributed by atoms with E-state index in [1.165, 1.54) is 0 Å². The van der Waals surface area contributed by atoms with E-state index < -0.39 is 0 Å². The second kappa shape index (κ2) is 7.52. The first kappa shape index (κ1) is 15.2. The number of pyridine rings is 1. The number of aliphatic imine (C=N–C) groups is 1. The molecule has 2 rings (SSSR count). The number of halogens is 1. The number of rotatable bonds is 2. The lowest BCUT2D eigenvalue weighted by molar-refractivity contribution is 0.00528. The topological polar surface area (TPSA) is 63.7 Å². The van der Waals surface area contributed by atoms with Gasteiger partial charge in [-0.25, -0.2) is 4.99 Å². The van der Waals surface area contributed by atoms with Crippen LogP contribution in [-0.2, 0) is 11.3 Å². The molecule has 100 valence electrons. The van der Waals surface area contributed by atoms with Gasteiger partial charge < -0.3 is 15.4 Å². The summed E-state index contributed by atoms with van der Waals surface area (Å²) in [6, 6.07) is 5.78. The van der Waals surface area contributed by atoms with E-state index in [0.717, 1.165) is 18.8 Å². The van der Waals surface area contributed by atoms with E-state index in [2.05, 4.69) is 14.9 Å². The van der Waals surface area contributed by atoms with Gasteiger partial charge in [0.2, 0.25) is 0 Å². The minimum absolute atomic E-state index is 0. The molecular formula is C12H19IN4O. The smallest absolute Gasteiger partial charge is 0.191 e. The molecule has 18 heavy (non-hydrogen) atoms. The van der Waals surface area contributed by atoms with Gasteiger partial charge in [0.1, 0.15) is 0 Å². The lowest BCUT2D eigenvalue weighted by Gasteiger charge is -2.31. The fraction of sp³-hybridized carbons (Fsp3) is 0.500. The van der Waals surface area contributed by atoms with E-state index in [4.69, 9.17) is 10.5 Å². The molecule has 5 nitrogen and oxygen atoms in total. The van der Waals surface area contributed by atoms with E-state index in [0.29, 0.717) is 19.1 Å². The minimum Gasteiger partial charge on any atom is -0.375 e. The Morgan fingerprint density at radius 3 is 3.11 bits per heavy atom. The molecular weight excluding hydrogens is 343 g/mol. The zero-order valence-electron chi connectivity index (χ0n) is 10.5. The second-order valence-corrected chi connectivity index (χ2v) is 4.12. The number of ether oxygens (including phenoxy) is 1. The zero-order chi connectivity index (χ0) is 12.1. The molecule has 0 bridgehead atoms. The molecule has 0 aliphatic carbocycles. The summed E-state index contributed by atoms with van der Waals surface area (Å²) in [7, 11) is 0. The van der Waals surface area contributed by atoms with Gasteiger partial charge in [-0.15, -0.1) is 24.0 Å². The summed E-state index contributed by atoms with van der Waals surface area (Å²) >= 11 is 0. The van der Waals surface area contributed by atoms with Crippen LogP contribution < -0.4 is 5.73 Å². The molecule has 0 radical (unpaired) electrons. The average molecular weight is 362 g/mol. The summed E-state index contributed by atoms with van der Waals surface area (Å²) in [4.78, 5) is 10.6. The van der Waals surface area contributed by atoms with Crippen molar-refractivity contribution in [2.75, 3.05) is 19.7 Å². The van der Waals surface area contributed by atoms with Crippen LogP contribution in [0.15, 0.2) is 29.4 Å².